The second kappa shape index (κ2) is 8.22. The molecule has 1 N–H and O–H groups in total. The number of amides is 2. The van der Waals surface area contributed by atoms with Crippen LogP contribution in [-0.4, -0.2) is 52.9 Å². The summed E-state index contributed by atoms with van der Waals surface area (Å²) >= 11 is 1.29. The quantitative estimate of drug-likeness (QED) is 0.710. The Balaban J connectivity index is 1.29. The maximum absolute atomic E-state index is 12.6. The van der Waals surface area contributed by atoms with Crippen LogP contribution in [0.5, 0.6) is 0 Å². The molecule has 1 aliphatic rings. The van der Waals surface area contributed by atoms with Crippen molar-refractivity contribution in [2.24, 2.45) is 0 Å². The third-order valence-electron chi connectivity index (χ3n) is 4.51. The van der Waals surface area contributed by atoms with E-state index in [0.29, 0.717) is 23.9 Å². The summed E-state index contributed by atoms with van der Waals surface area (Å²) in [6.07, 6.45) is 5.21. The van der Waals surface area contributed by atoms with E-state index in [0.717, 1.165) is 18.8 Å². The number of aromatic nitrogens is 2. The van der Waals surface area contributed by atoms with E-state index in [4.69, 9.17) is 4.42 Å². The third-order valence-corrected chi connectivity index (χ3v) is 5.32. The van der Waals surface area contributed by atoms with Crippen molar-refractivity contribution in [3.8, 4) is 0 Å². The minimum absolute atomic E-state index is 0.0450. The van der Waals surface area contributed by atoms with E-state index < -0.39 is 0 Å². The highest BCUT2D eigenvalue weighted by Crippen LogP contribution is 2.19. The van der Waals surface area contributed by atoms with Crippen LogP contribution in [0.3, 0.4) is 0 Å². The van der Waals surface area contributed by atoms with Crippen LogP contribution in [0, 0.1) is 0 Å². The molecule has 28 heavy (non-hydrogen) atoms. The highest BCUT2D eigenvalue weighted by atomic mass is 32.1. The van der Waals surface area contributed by atoms with Crippen molar-refractivity contribution in [1.29, 1.82) is 0 Å². The lowest BCUT2D eigenvalue weighted by molar-refractivity contribution is -0.130. The molecule has 4 rings (SSSR count). The van der Waals surface area contributed by atoms with E-state index in [9.17, 15) is 9.59 Å². The number of thiazole rings is 1. The van der Waals surface area contributed by atoms with Gasteiger partial charge in [-0.2, -0.15) is 0 Å². The molecule has 0 aromatic carbocycles. The highest BCUT2D eigenvalue weighted by molar-refractivity contribution is 7.14. The fourth-order valence-electron chi connectivity index (χ4n) is 3.05. The number of furan rings is 1. The zero-order valence-corrected chi connectivity index (χ0v) is 15.9. The van der Waals surface area contributed by atoms with Gasteiger partial charge in [0.05, 0.1) is 18.4 Å². The molecule has 8 nitrogen and oxygen atoms in total. The number of rotatable bonds is 5. The number of nitrogens with zero attached hydrogens (tertiary/aromatic N) is 4. The molecule has 3 aromatic heterocycles. The van der Waals surface area contributed by atoms with E-state index in [-0.39, 0.29) is 24.0 Å². The maximum Gasteiger partial charge on any atom is 0.293 e. The van der Waals surface area contributed by atoms with Gasteiger partial charge in [-0.25, -0.2) is 4.98 Å². The van der Waals surface area contributed by atoms with Crippen molar-refractivity contribution in [3.05, 3.63) is 59.8 Å². The van der Waals surface area contributed by atoms with Gasteiger partial charge in [0.25, 0.3) is 5.91 Å². The molecule has 1 saturated heterocycles. The molecule has 1 aliphatic heterocycles. The second-order valence-electron chi connectivity index (χ2n) is 6.33. The van der Waals surface area contributed by atoms with Crippen molar-refractivity contribution in [2.45, 2.75) is 6.42 Å². The molecular weight excluding hydrogens is 378 g/mol. The van der Waals surface area contributed by atoms with E-state index in [1.165, 1.54) is 17.6 Å². The zero-order valence-electron chi connectivity index (χ0n) is 15.1. The monoisotopic (exact) mass is 397 g/mol. The molecule has 0 aliphatic carbocycles. The second-order valence-corrected chi connectivity index (χ2v) is 7.18. The molecule has 9 heteroatoms. The van der Waals surface area contributed by atoms with Gasteiger partial charge in [0.15, 0.2) is 10.9 Å². The predicted octanol–water partition coefficient (Wildman–Crippen LogP) is 2.27. The largest absolute Gasteiger partial charge is 0.459 e. The number of hydrogen-bond donors (Lipinski definition) is 1. The minimum Gasteiger partial charge on any atom is -0.459 e. The fraction of sp³-hybridized carbons (Fsp3) is 0.263. The lowest BCUT2D eigenvalue weighted by atomic mass is 10.2. The summed E-state index contributed by atoms with van der Waals surface area (Å²) in [7, 11) is 0. The van der Waals surface area contributed by atoms with E-state index in [1.807, 2.05) is 17.0 Å². The Hall–Kier alpha value is -3.20. The molecular formula is C19H19N5O3S. The first-order valence-corrected chi connectivity index (χ1v) is 9.79. The fourth-order valence-corrected chi connectivity index (χ4v) is 3.75. The molecule has 2 amide bonds. The molecule has 4 heterocycles. The summed E-state index contributed by atoms with van der Waals surface area (Å²) in [4.78, 5) is 37.0. The van der Waals surface area contributed by atoms with Gasteiger partial charge in [0.1, 0.15) is 0 Å². The molecule has 0 bridgehead atoms. The van der Waals surface area contributed by atoms with E-state index >= 15 is 0 Å². The van der Waals surface area contributed by atoms with Crippen LogP contribution in [0.25, 0.3) is 0 Å². The number of piperazine rings is 1. The van der Waals surface area contributed by atoms with Gasteiger partial charge in [0, 0.05) is 49.6 Å². The smallest absolute Gasteiger partial charge is 0.293 e. The molecule has 0 radical (unpaired) electrons. The van der Waals surface area contributed by atoms with Gasteiger partial charge in [-0.15, -0.1) is 11.3 Å². The first-order valence-electron chi connectivity index (χ1n) is 8.91. The van der Waals surface area contributed by atoms with Crippen molar-refractivity contribution >= 4 is 34.0 Å². The Morgan fingerprint density at radius 2 is 1.93 bits per heavy atom. The molecule has 3 aromatic rings. The molecule has 0 spiro atoms. The van der Waals surface area contributed by atoms with Crippen LogP contribution in [-0.2, 0) is 11.2 Å². The van der Waals surface area contributed by atoms with E-state index in [2.05, 4.69) is 20.2 Å². The average molecular weight is 397 g/mol. The lowest BCUT2D eigenvalue weighted by Gasteiger charge is -2.36. The van der Waals surface area contributed by atoms with Crippen LogP contribution in [0.1, 0.15) is 16.2 Å². The SMILES string of the molecule is O=C(Nc1nc(CC(=O)N2CCN(c3ccncc3)CC2)cs1)c1ccco1. The summed E-state index contributed by atoms with van der Waals surface area (Å²) < 4.78 is 5.06. The zero-order chi connectivity index (χ0) is 19.3. The number of carbonyl (C=O) groups is 2. The summed E-state index contributed by atoms with van der Waals surface area (Å²) in [6.45, 7) is 2.93. The van der Waals surface area contributed by atoms with Crippen molar-refractivity contribution in [2.75, 3.05) is 36.4 Å². The molecule has 0 saturated carbocycles. The standard InChI is InChI=1S/C19H19N5O3S/c25-17(24-9-7-23(8-10-24)15-3-5-20-6-4-15)12-14-13-28-19(21-14)22-18(26)16-2-1-11-27-16/h1-6,11,13H,7-10,12H2,(H,21,22,26). The topological polar surface area (TPSA) is 91.6 Å². The summed E-state index contributed by atoms with van der Waals surface area (Å²) in [5, 5.41) is 4.92. The summed E-state index contributed by atoms with van der Waals surface area (Å²) in [5.41, 5.74) is 1.78. The lowest BCUT2D eigenvalue weighted by Crippen LogP contribution is -2.49. The van der Waals surface area contributed by atoms with Gasteiger partial charge >= 0.3 is 0 Å². The molecule has 144 valence electrons. The Bertz CT molecular complexity index is 934. The Morgan fingerprint density at radius 1 is 1.14 bits per heavy atom. The molecule has 1 fully saturated rings. The van der Waals surface area contributed by atoms with Crippen LogP contribution >= 0.6 is 11.3 Å². The molecule has 0 unspecified atom stereocenters. The van der Waals surface area contributed by atoms with Crippen LogP contribution < -0.4 is 10.2 Å². The number of anilines is 2. The number of pyridine rings is 1. The Labute approximate surface area is 165 Å². The van der Waals surface area contributed by atoms with Gasteiger partial charge in [0.2, 0.25) is 5.91 Å². The third kappa shape index (κ3) is 4.20. The Morgan fingerprint density at radius 3 is 2.64 bits per heavy atom. The summed E-state index contributed by atoms with van der Waals surface area (Å²) in [6, 6.07) is 7.19. The number of nitrogens with one attached hydrogen (secondary N) is 1. The van der Waals surface area contributed by atoms with Gasteiger partial charge in [-0.05, 0) is 24.3 Å². The number of carbonyl (C=O) groups excluding carboxylic acids is 2. The van der Waals surface area contributed by atoms with Crippen LogP contribution in [0.15, 0.2) is 52.7 Å². The first kappa shape index (κ1) is 18.2. The maximum atomic E-state index is 12.6. The van der Waals surface area contributed by atoms with E-state index in [1.54, 1.807) is 29.9 Å². The summed E-state index contributed by atoms with van der Waals surface area (Å²) in [5.74, 6) is -0.0899. The van der Waals surface area contributed by atoms with Crippen LogP contribution in [0.2, 0.25) is 0 Å². The highest BCUT2D eigenvalue weighted by Gasteiger charge is 2.22. The minimum atomic E-state index is -0.357. The van der Waals surface area contributed by atoms with Crippen molar-refractivity contribution < 1.29 is 14.0 Å². The number of hydrogen-bond acceptors (Lipinski definition) is 7. The van der Waals surface area contributed by atoms with Crippen molar-refractivity contribution in [1.82, 2.24) is 14.9 Å². The normalized spacial score (nSPS) is 14.1. The van der Waals surface area contributed by atoms with Gasteiger partial charge in [-0.3, -0.25) is 19.9 Å². The van der Waals surface area contributed by atoms with Crippen molar-refractivity contribution in [3.63, 3.8) is 0 Å². The van der Waals surface area contributed by atoms with Gasteiger partial charge < -0.3 is 14.2 Å². The molecule has 0 atom stereocenters. The predicted molar refractivity (Wildman–Crippen MR) is 106 cm³/mol. The Kier molecular flexibility index (Phi) is 5.34. The van der Waals surface area contributed by atoms with Crippen LogP contribution in [0.4, 0.5) is 10.8 Å². The average Bonchev–Trinajstić information content (AvgIpc) is 3.41. The first-order chi connectivity index (χ1) is 13.7. The van der Waals surface area contributed by atoms with Gasteiger partial charge in [-0.1, -0.05) is 0 Å².